The van der Waals surface area contributed by atoms with Crippen molar-refractivity contribution in [3.8, 4) is 0 Å². The van der Waals surface area contributed by atoms with Crippen LogP contribution in [0.5, 0.6) is 0 Å². The van der Waals surface area contributed by atoms with Gasteiger partial charge in [-0.2, -0.15) is 0 Å². The lowest BCUT2D eigenvalue weighted by atomic mass is 9.91. The minimum Gasteiger partial charge on any atom is -0.478 e. The van der Waals surface area contributed by atoms with Crippen molar-refractivity contribution in [1.29, 1.82) is 0 Å². The normalized spacial score (nSPS) is 22.6. The third-order valence-corrected chi connectivity index (χ3v) is 3.63. The van der Waals surface area contributed by atoms with Crippen molar-refractivity contribution >= 4 is 17.3 Å². The summed E-state index contributed by atoms with van der Waals surface area (Å²) in [7, 11) is 0. The molecule has 0 aliphatic carbocycles. The first kappa shape index (κ1) is 14.3. The van der Waals surface area contributed by atoms with Gasteiger partial charge in [0.2, 0.25) is 0 Å². The Morgan fingerprint density at radius 1 is 1.35 bits per heavy atom. The number of nitro groups is 1. The van der Waals surface area contributed by atoms with Crippen LogP contribution >= 0.6 is 0 Å². The predicted octanol–water partition coefficient (Wildman–Crippen LogP) is 2.78. The van der Waals surface area contributed by atoms with Gasteiger partial charge in [0, 0.05) is 19.2 Å². The van der Waals surface area contributed by atoms with Gasteiger partial charge in [-0.05, 0) is 30.4 Å². The topological polar surface area (TPSA) is 83.7 Å². The molecule has 6 nitrogen and oxygen atoms in total. The van der Waals surface area contributed by atoms with Crippen LogP contribution in [-0.4, -0.2) is 29.1 Å². The Bertz CT molecular complexity index is 534. The highest BCUT2D eigenvalue weighted by molar-refractivity contribution is 5.89. The molecule has 1 N–H and O–H groups in total. The quantitative estimate of drug-likeness (QED) is 0.679. The highest BCUT2D eigenvalue weighted by Crippen LogP contribution is 2.33. The average Bonchev–Trinajstić information content (AvgIpc) is 2.36. The molecule has 1 fully saturated rings. The first-order valence-electron chi connectivity index (χ1n) is 6.65. The van der Waals surface area contributed by atoms with E-state index in [0.29, 0.717) is 17.5 Å². The molecule has 0 aromatic heterocycles. The van der Waals surface area contributed by atoms with Gasteiger partial charge >= 0.3 is 5.97 Å². The largest absolute Gasteiger partial charge is 0.478 e. The average molecular weight is 278 g/mol. The minimum atomic E-state index is -1.15. The van der Waals surface area contributed by atoms with Gasteiger partial charge in [-0.1, -0.05) is 13.8 Å². The Kier molecular flexibility index (Phi) is 3.92. The van der Waals surface area contributed by atoms with Gasteiger partial charge in [-0.3, -0.25) is 10.1 Å². The fourth-order valence-corrected chi connectivity index (χ4v) is 2.93. The van der Waals surface area contributed by atoms with Crippen molar-refractivity contribution < 1.29 is 14.8 Å². The number of anilines is 1. The van der Waals surface area contributed by atoms with E-state index < -0.39 is 10.9 Å². The van der Waals surface area contributed by atoms with Crippen LogP contribution in [0.3, 0.4) is 0 Å². The van der Waals surface area contributed by atoms with Crippen molar-refractivity contribution in [3.05, 3.63) is 33.9 Å². The van der Waals surface area contributed by atoms with Crippen LogP contribution in [0.15, 0.2) is 18.2 Å². The molecule has 108 valence electrons. The number of rotatable bonds is 3. The van der Waals surface area contributed by atoms with Crippen molar-refractivity contribution in [1.82, 2.24) is 0 Å². The molecule has 6 heteroatoms. The van der Waals surface area contributed by atoms with E-state index in [1.807, 2.05) is 4.90 Å². The maximum absolute atomic E-state index is 11.2. The molecule has 0 bridgehead atoms. The van der Waals surface area contributed by atoms with E-state index in [0.717, 1.165) is 25.6 Å². The minimum absolute atomic E-state index is 0.0569. The van der Waals surface area contributed by atoms with Crippen molar-refractivity contribution in [2.45, 2.75) is 20.3 Å². The molecule has 0 radical (unpaired) electrons. The van der Waals surface area contributed by atoms with Gasteiger partial charge in [0.15, 0.2) is 0 Å². The molecular weight excluding hydrogens is 260 g/mol. The smallest absolute Gasteiger partial charge is 0.335 e. The third kappa shape index (κ3) is 2.89. The third-order valence-electron chi connectivity index (χ3n) is 3.63. The number of carboxylic acid groups (broad SMARTS) is 1. The van der Waals surface area contributed by atoms with Crippen LogP contribution in [0.25, 0.3) is 0 Å². The molecule has 2 rings (SSSR count). The van der Waals surface area contributed by atoms with Gasteiger partial charge in [0.25, 0.3) is 5.69 Å². The molecule has 0 unspecified atom stereocenters. The van der Waals surface area contributed by atoms with Crippen LogP contribution < -0.4 is 4.90 Å². The van der Waals surface area contributed by atoms with Gasteiger partial charge < -0.3 is 10.0 Å². The number of piperidine rings is 1. The van der Waals surface area contributed by atoms with Crippen LogP contribution in [0.4, 0.5) is 11.4 Å². The maximum Gasteiger partial charge on any atom is 0.335 e. The van der Waals surface area contributed by atoms with Crippen LogP contribution in [0, 0.1) is 22.0 Å². The monoisotopic (exact) mass is 278 g/mol. The van der Waals surface area contributed by atoms with Crippen molar-refractivity contribution in [2.75, 3.05) is 18.0 Å². The van der Waals surface area contributed by atoms with Crippen LogP contribution in [-0.2, 0) is 0 Å². The van der Waals surface area contributed by atoms with E-state index in [2.05, 4.69) is 13.8 Å². The maximum atomic E-state index is 11.2. The van der Waals surface area contributed by atoms with Gasteiger partial charge in [0.1, 0.15) is 5.69 Å². The summed E-state index contributed by atoms with van der Waals surface area (Å²) in [4.78, 5) is 23.6. The van der Waals surface area contributed by atoms with E-state index in [4.69, 9.17) is 5.11 Å². The zero-order chi connectivity index (χ0) is 14.9. The Labute approximate surface area is 117 Å². The standard InChI is InChI=1S/C14H18N2O4/c1-9-5-10(2)8-15(7-9)12-4-3-11(14(17)18)6-13(12)16(19)20/h3-4,6,9-10H,5,7-8H2,1-2H3,(H,17,18)/t9-,10-/m0/s1. The molecule has 1 saturated heterocycles. The van der Waals surface area contributed by atoms with Crippen LogP contribution in [0.2, 0.25) is 0 Å². The summed E-state index contributed by atoms with van der Waals surface area (Å²) in [6, 6.07) is 4.11. The van der Waals surface area contributed by atoms with E-state index in [1.54, 1.807) is 6.07 Å². The Balaban J connectivity index is 2.40. The highest BCUT2D eigenvalue weighted by atomic mass is 16.6. The number of carbonyl (C=O) groups is 1. The number of aromatic carboxylic acids is 1. The Morgan fingerprint density at radius 3 is 2.45 bits per heavy atom. The fourth-order valence-electron chi connectivity index (χ4n) is 2.93. The molecule has 1 aromatic carbocycles. The summed E-state index contributed by atoms with van der Waals surface area (Å²) in [6.07, 6.45) is 1.11. The van der Waals surface area contributed by atoms with Crippen molar-refractivity contribution in [2.24, 2.45) is 11.8 Å². The lowest BCUT2D eigenvalue weighted by molar-refractivity contribution is -0.384. The molecule has 0 amide bonds. The summed E-state index contributed by atoms with van der Waals surface area (Å²) in [5, 5.41) is 20.1. The zero-order valence-corrected chi connectivity index (χ0v) is 11.6. The second-order valence-corrected chi connectivity index (χ2v) is 5.62. The highest BCUT2D eigenvalue weighted by Gasteiger charge is 2.27. The Morgan fingerprint density at radius 2 is 1.95 bits per heavy atom. The summed E-state index contributed by atoms with van der Waals surface area (Å²) >= 11 is 0. The van der Waals surface area contributed by atoms with E-state index in [-0.39, 0.29) is 11.3 Å². The number of nitro benzene ring substituents is 1. The second-order valence-electron chi connectivity index (χ2n) is 5.62. The van der Waals surface area contributed by atoms with Gasteiger partial charge in [-0.25, -0.2) is 4.79 Å². The molecule has 1 aliphatic rings. The van der Waals surface area contributed by atoms with E-state index in [1.165, 1.54) is 6.07 Å². The first-order chi connectivity index (χ1) is 9.38. The number of benzene rings is 1. The predicted molar refractivity (Wildman–Crippen MR) is 75.2 cm³/mol. The molecule has 1 aromatic rings. The number of carboxylic acids is 1. The van der Waals surface area contributed by atoms with E-state index in [9.17, 15) is 14.9 Å². The van der Waals surface area contributed by atoms with Crippen LogP contribution in [0.1, 0.15) is 30.6 Å². The molecule has 20 heavy (non-hydrogen) atoms. The summed E-state index contributed by atoms with van der Waals surface area (Å²) in [5.41, 5.74) is 0.322. The van der Waals surface area contributed by atoms with Crippen molar-refractivity contribution in [3.63, 3.8) is 0 Å². The lowest BCUT2D eigenvalue weighted by Crippen LogP contribution is -2.39. The summed E-state index contributed by atoms with van der Waals surface area (Å²) < 4.78 is 0. The van der Waals surface area contributed by atoms with Gasteiger partial charge in [-0.15, -0.1) is 0 Å². The number of hydrogen-bond donors (Lipinski definition) is 1. The molecule has 1 heterocycles. The zero-order valence-electron chi connectivity index (χ0n) is 11.6. The molecule has 1 aliphatic heterocycles. The molecule has 2 atom stereocenters. The number of nitrogens with zero attached hydrogens (tertiary/aromatic N) is 2. The van der Waals surface area contributed by atoms with E-state index >= 15 is 0 Å². The molecule has 0 spiro atoms. The SMILES string of the molecule is C[C@H]1C[C@H](C)CN(c2ccc(C(=O)O)cc2[N+](=O)[O-])C1. The summed E-state index contributed by atoms with van der Waals surface area (Å²) in [6.45, 7) is 5.77. The van der Waals surface area contributed by atoms with Gasteiger partial charge in [0.05, 0.1) is 10.5 Å². The fraction of sp³-hybridized carbons (Fsp3) is 0.500. The number of hydrogen-bond acceptors (Lipinski definition) is 4. The first-order valence-corrected chi connectivity index (χ1v) is 6.65. The Hall–Kier alpha value is -2.11. The lowest BCUT2D eigenvalue weighted by Gasteiger charge is -2.36. The second kappa shape index (κ2) is 5.48. The molecule has 0 saturated carbocycles. The molecular formula is C14H18N2O4. The summed E-state index contributed by atoms with van der Waals surface area (Å²) in [5.74, 6) is -0.213.